The number of nitrogens with one attached hydrogen (secondary N) is 2. The van der Waals surface area contributed by atoms with Crippen molar-refractivity contribution in [1.29, 1.82) is 0 Å². The van der Waals surface area contributed by atoms with Crippen molar-refractivity contribution in [3.63, 3.8) is 0 Å². The first-order valence-corrected chi connectivity index (χ1v) is 8.57. The summed E-state index contributed by atoms with van der Waals surface area (Å²) in [6, 6.07) is 13.8. The molecule has 0 spiro atoms. The molecule has 0 saturated carbocycles. The second-order valence-corrected chi connectivity index (χ2v) is 6.26. The molecule has 2 rings (SSSR count). The number of carbonyl (C=O) groups excluding carboxylic acids is 2. The molecule has 2 amide bonds. The molecule has 5 nitrogen and oxygen atoms in total. The van der Waals surface area contributed by atoms with Gasteiger partial charge >= 0.3 is 6.18 Å². The van der Waals surface area contributed by atoms with Gasteiger partial charge in [0.2, 0.25) is 11.8 Å². The molecular weight excluding hydrogens is 373 g/mol. The van der Waals surface area contributed by atoms with Crippen LogP contribution in [-0.4, -0.2) is 24.6 Å². The molecule has 0 heterocycles. The quantitative estimate of drug-likeness (QED) is 0.719. The van der Waals surface area contributed by atoms with Crippen LogP contribution in [0.25, 0.3) is 0 Å². The third-order valence-corrected chi connectivity index (χ3v) is 3.69. The normalized spacial score (nSPS) is 11.1. The molecule has 0 aliphatic carbocycles. The Bertz CT molecular complexity index is 788. The second kappa shape index (κ2) is 9.89. The standard InChI is InChI=1S/C20H21F3N2O3/c1-14(26)25-18-8-6-15(7-9-18)10-19(27)24-11-16-2-4-17(5-3-16)12-28-13-20(21,22)23/h2-9H,10-13H2,1H3,(H,24,27)(H,25,26). The molecule has 0 aliphatic heterocycles. The molecule has 0 aromatic heterocycles. The highest BCUT2D eigenvalue weighted by atomic mass is 19.4. The van der Waals surface area contributed by atoms with Crippen molar-refractivity contribution in [3.8, 4) is 0 Å². The van der Waals surface area contributed by atoms with E-state index in [1.54, 1.807) is 48.5 Å². The van der Waals surface area contributed by atoms with E-state index in [-0.39, 0.29) is 24.8 Å². The monoisotopic (exact) mass is 394 g/mol. The highest BCUT2D eigenvalue weighted by Crippen LogP contribution is 2.16. The first-order valence-electron chi connectivity index (χ1n) is 8.57. The Morgan fingerprint density at radius 2 is 1.50 bits per heavy atom. The minimum atomic E-state index is -4.34. The number of alkyl halides is 3. The van der Waals surface area contributed by atoms with E-state index in [1.807, 2.05) is 0 Å². The van der Waals surface area contributed by atoms with Crippen LogP contribution in [0.15, 0.2) is 48.5 Å². The molecule has 0 atom stereocenters. The van der Waals surface area contributed by atoms with Crippen LogP contribution in [0.1, 0.15) is 23.6 Å². The van der Waals surface area contributed by atoms with Gasteiger partial charge in [-0.05, 0) is 28.8 Å². The number of hydrogen-bond donors (Lipinski definition) is 2. The van der Waals surface area contributed by atoms with Crippen LogP contribution in [0.2, 0.25) is 0 Å². The van der Waals surface area contributed by atoms with Gasteiger partial charge in [-0.3, -0.25) is 9.59 Å². The van der Waals surface area contributed by atoms with Crippen molar-refractivity contribution >= 4 is 17.5 Å². The summed E-state index contributed by atoms with van der Waals surface area (Å²) < 4.78 is 40.7. The van der Waals surface area contributed by atoms with Gasteiger partial charge in [-0.1, -0.05) is 36.4 Å². The van der Waals surface area contributed by atoms with Gasteiger partial charge in [0.25, 0.3) is 0 Å². The van der Waals surface area contributed by atoms with E-state index in [1.165, 1.54) is 6.92 Å². The maximum absolute atomic E-state index is 12.0. The lowest BCUT2D eigenvalue weighted by Crippen LogP contribution is -2.24. The van der Waals surface area contributed by atoms with Gasteiger partial charge in [-0.25, -0.2) is 0 Å². The van der Waals surface area contributed by atoms with Crippen LogP contribution in [0.5, 0.6) is 0 Å². The maximum Gasteiger partial charge on any atom is 0.411 e. The molecule has 0 aliphatic rings. The van der Waals surface area contributed by atoms with Crippen LogP contribution >= 0.6 is 0 Å². The van der Waals surface area contributed by atoms with Gasteiger partial charge in [0.05, 0.1) is 13.0 Å². The molecule has 28 heavy (non-hydrogen) atoms. The number of benzene rings is 2. The minimum absolute atomic E-state index is 0.124. The lowest BCUT2D eigenvalue weighted by molar-refractivity contribution is -0.176. The van der Waals surface area contributed by atoms with Gasteiger partial charge in [0, 0.05) is 19.2 Å². The summed E-state index contributed by atoms with van der Waals surface area (Å²) in [5.74, 6) is -0.326. The minimum Gasteiger partial charge on any atom is -0.367 e. The van der Waals surface area contributed by atoms with E-state index in [9.17, 15) is 22.8 Å². The van der Waals surface area contributed by atoms with E-state index in [0.29, 0.717) is 17.8 Å². The van der Waals surface area contributed by atoms with Gasteiger partial charge in [-0.15, -0.1) is 0 Å². The van der Waals surface area contributed by atoms with Crippen molar-refractivity contribution in [2.45, 2.75) is 32.7 Å². The molecule has 0 radical (unpaired) electrons. The molecule has 8 heteroatoms. The molecule has 0 fully saturated rings. The summed E-state index contributed by atoms with van der Waals surface area (Å²) in [6.07, 6.45) is -4.14. The fourth-order valence-electron chi connectivity index (χ4n) is 2.40. The number of rotatable bonds is 8. The molecule has 150 valence electrons. The number of anilines is 1. The highest BCUT2D eigenvalue weighted by molar-refractivity contribution is 5.88. The summed E-state index contributed by atoms with van der Waals surface area (Å²) in [5, 5.41) is 5.44. The first-order chi connectivity index (χ1) is 13.2. The molecule has 2 aromatic rings. The lowest BCUT2D eigenvalue weighted by atomic mass is 10.1. The zero-order chi connectivity index (χ0) is 20.6. The lowest BCUT2D eigenvalue weighted by Gasteiger charge is -2.09. The van der Waals surface area contributed by atoms with Crippen molar-refractivity contribution in [1.82, 2.24) is 5.32 Å². The van der Waals surface area contributed by atoms with Gasteiger partial charge < -0.3 is 15.4 Å². The number of carbonyl (C=O) groups is 2. The van der Waals surface area contributed by atoms with Crippen LogP contribution in [0.4, 0.5) is 18.9 Å². The summed E-state index contributed by atoms with van der Waals surface area (Å²) in [7, 11) is 0. The zero-order valence-corrected chi connectivity index (χ0v) is 15.3. The van der Waals surface area contributed by atoms with Gasteiger partial charge in [0.1, 0.15) is 6.61 Å². The van der Waals surface area contributed by atoms with Gasteiger partial charge in [-0.2, -0.15) is 13.2 Å². The average molecular weight is 394 g/mol. The predicted octanol–water partition coefficient (Wildman–Crippen LogP) is 3.58. The Labute approximate surface area is 160 Å². The first kappa shape index (κ1) is 21.4. The Kier molecular flexibility index (Phi) is 7.57. The number of hydrogen-bond acceptors (Lipinski definition) is 3. The van der Waals surface area contributed by atoms with Crippen molar-refractivity contribution in [2.24, 2.45) is 0 Å². The van der Waals surface area contributed by atoms with E-state index in [2.05, 4.69) is 15.4 Å². The van der Waals surface area contributed by atoms with Crippen molar-refractivity contribution in [3.05, 3.63) is 65.2 Å². The van der Waals surface area contributed by atoms with Crippen LogP contribution < -0.4 is 10.6 Å². The Morgan fingerprint density at radius 3 is 2.07 bits per heavy atom. The Hall–Kier alpha value is -2.87. The zero-order valence-electron chi connectivity index (χ0n) is 15.3. The van der Waals surface area contributed by atoms with E-state index in [4.69, 9.17) is 0 Å². The number of halogens is 3. The third-order valence-electron chi connectivity index (χ3n) is 3.69. The van der Waals surface area contributed by atoms with E-state index in [0.717, 1.165) is 11.1 Å². The summed E-state index contributed by atoms with van der Waals surface area (Å²) in [5.41, 5.74) is 2.92. The highest BCUT2D eigenvalue weighted by Gasteiger charge is 2.27. The summed E-state index contributed by atoms with van der Waals surface area (Å²) in [4.78, 5) is 23.0. The molecule has 0 unspecified atom stereocenters. The average Bonchev–Trinajstić information content (AvgIpc) is 2.61. The maximum atomic E-state index is 12.0. The molecular formula is C20H21F3N2O3. The van der Waals surface area contributed by atoms with Crippen molar-refractivity contribution < 1.29 is 27.5 Å². The summed E-state index contributed by atoms with van der Waals surface area (Å²) >= 11 is 0. The molecule has 2 aromatic carbocycles. The SMILES string of the molecule is CC(=O)Nc1ccc(CC(=O)NCc2ccc(COCC(F)(F)F)cc2)cc1. The Balaban J connectivity index is 1.75. The topological polar surface area (TPSA) is 67.4 Å². The van der Waals surface area contributed by atoms with Crippen LogP contribution in [-0.2, 0) is 33.9 Å². The summed E-state index contributed by atoms with van der Waals surface area (Å²) in [6.45, 7) is 0.327. The van der Waals surface area contributed by atoms with E-state index >= 15 is 0 Å². The van der Waals surface area contributed by atoms with Gasteiger partial charge in [0.15, 0.2) is 0 Å². The second-order valence-electron chi connectivity index (χ2n) is 6.26. The van der Waals surface area contributed by atoms with Crippen LogP contribution in [0.3, 0.4) is 0 Å². The molecule has 2 N–H and O–H groups in total. The molecule has 0 saturated heterocycles. The number of ether oxygens (including phenoxy) is 1. The number of amides is 2. The third kappa shape index (κ3) is 8.22. The smallest absolute Gasteiger partial charge is 0.367 e. The molecule has 0 bridgehead atoms. The predicted molar refractivity (Wildman–Crippen MR) is 98.4 cm³/mol. The van der Waals surface area contributed by atoms with Crippen molar-refractivity contribution in [2.75, 3.05) is 11.9 Å². The largest absolute Gasteiger partial charge is 0.411 e. The van der Waals surface area contributed by atoms with E-state index < -0.39 is 12.8 Å². The van der Waals surface area contributed by atoms with Crippen LogP contribution in [0, 0.1) is 0 Å². The Morgan fingerprint density at radius 1 is 0.929 bits per heavy atom. The fourth-order valence-corrected chi connectivity index (χ4v) is 2.40. The fraction of sp³-hybridized carbons (Fsp3) is 0.300.